The zero-order chi connectivity index (χ0) is 24.0. The van der Waals surface area contributed by atoms with Gasteiger partial charge in [-0.05, 0) is 42.7 Å². The number of benzene rings is 2. The lowest BCUT2D eigenvalue weighted by atomic mass is 9.83. The van der Waals surface area contributed by atoms with Gasteiger partial charge in [0.2, 0.25) is 0 Å². The number of anilines is 2. The minimum absolute atomic E-state index is 0.0228. The van der Waals surface area contributed by atoms with Crippen LogP contribution in [0.15, 0.2) is 59.4 Å². The Labute approximate surface area is 192 Å². The Kier molecular flexibility index (Phi) is 5.35. The Bertz CT molecular complexity index is 1370. The van der Waals surface area contributed by atoms with E-state index in [2.05, 4.69) is 5.32 Å². The van der Waals surface area contributed by atoms with Crippen LogP contribution in [0, 0.1) is 27.7 Å². The van der Waals surface area contributed by atoms with Crippen LogP contribution in [0.4, 0.5) is 25.8 Å². The molecule has 8 nitrogen and oxygen atoms in total. The van der Waals surface area contributed by atoms with Gasteiger partial charge in [0.1, 0.15) is 5.69 Å². The van der Waals surface area contributed by atoms with E-state index >= 15 is 0 Å². The summed E-state index contributed by atoms with van der Waals surface area (Å²) in [7, 11) is 0. The molecule has 1 fully saturated rings. The van der Waals surface area contributed by atoms with Crippen LogP contribution in [-0.4, -0.2) is 33.4 Å². The van der Waals surface area contributed by atoms with Gasteiger partial charge in [0, 0.05) is 60.7 Å². The van der Waals surface area contributed by atoms with Crippen molar-refractivity contribution < 1.29 is 18.5 Å². The maximum atomic E-state index is 13.5. The van der Waals surface area contributed by atoms with Gasteiger partial charge in [-0.15, -0.1) is 0 Å². The van der Waals surface area contributed by atoms with Gasteiger partial charge < -0.3 is 14.8 Å². The van der Waals surface area contributed by atoms with Gasteiger partial charge in [-0.3, -0.25) is 19.7 Å². The monoisotopic (exact) mass is 466 g/mol. The maximum Gasteiger partial charge on any atom is 0.293 e. The summed E-state index contributed by atoms with van der Waals surface area (Å²) in [6.45, 7) is 1.41. The van der Waals surface area contributed by atoms with Gasteiger partial charge in [-0.1, -0.05) is 6.07 Å². The Hall–Kier alpha value is -4.08. The first-order chi connectivity index (χ1) is 16.3. The number of hydrogen-bond acceptors (Lipinski definition) is 5. The molecule has 34 heavy (non-hydrogen) atoms. The summed E-state index contributed by atoms with van der Waals surface area (Å²) in [6, 6.07) is 12.3. The number of nitrogens with one attached hydrogen (secondary N) is 1. The van der Waals surface area contributed by atoms with E-state index in [4.69, 9.17) is 0 Å². The summed E-state index contributed by atoms with van der Waals surface area (Å²) in [6.07, 6.45) is 0.879. The lowest BCUT2D eigenvalue weighted by molar-refractivity contribution is -0.383. The van der Waals surface area contributed by atoms with Crippen molar-refractivity contribution in [1.29, 1.82) is 0 Å². The number of carbonyl (C=O) groups is 1. The molecule has 0 radical (unpaired) electrons. The van der Waals surface area contributed by atoms with Crippen molar-refractivity contribution in [2.75, 3.05) is 18.4 Å². The first kappa shape index (κ1) is 21.7. The molecule has 0 spiro atoms. The van der Waals surface area contributed by atoms with E-state index in [1.54, 1.807) is 15.5 Å². The van der Waals surface area contributed by atoms with Crippen molar-refractivity contribution in [2.45, 2.75) is 18.9 Å². The van der Waals surface area contributed by atoms with E-state index in [0.29, 0.717) is 19.6 Å². The van der Waals surface area contributed by atoms with Crippen molar-refractivity contribution in [3.8, 4) is 0 Å². The molecule has 0 saturated carbocycles. The molecule has 5 rings (SSSR count). The molecule has 2 atom stereocenters. The largest absolute Gasteiger partial charge is 0.350 e. The number of hydrogen-bond donors (Lipinski definition) is 1. The second-order valence-corrected chi connectivity index (χ2v) is 8.65. The number of piperidine rings is 1. The smallest absolute Gasteiger partial charge is 0.293 e. The molecular weight excluding hydrogens is 446 g/mol. The number of aromatic nitrogens is 1. The van der Waals surface area contributed by atoms with Crippen molar-refractivity contribution in [3.05, 3.63) is 98.0 Å². The summed E-state index contributed by atoms with van der Waals surface area (Å²) in [5.74, 6) is -2.29. The van der Waals surface area contributed by atoms with Crippen molar-refractivity contribution >= 4 is 23.0 Å². The molecule has 2 aliphatic rings. The number of halogens is 2. The number of nitro groups is 1. The molecule has 2 aliphatic heterocycles. The lowest BCUT2D eigenvalue weighted by Crippen LogP contribution is -2.49. The van der Waals surface area contributed by atoms with Crippen LogP contribution in [0.1, 0.15) is 28.4 Å². The minimum Gasteiger partial charge on any atom is -0.350 e. The average molecular weight is 466 g/mol. The number of nitrogens with zero attached hydrogens (tertiary/aromatic N) is 3. The molecule has 0 aliphatic carbocycles. The molecule has 3 aromatic rings. The fourth-order valence-corrected chi connectivity index (χ4v) is 4.90. The fourth-order valence-electron chi connectivity index (χ4n) is 4.90. The highest BCUT2D eigenvalue weighted by Crippen LogP contribution is 2.36. The minimum atomic E-state index is -1.08. The summed E-state index contributed by atoms with van der Waals surface area (Å²) in [4.78, 5) is 38.2. The van der Waals surface area contributed by atoms with E-state index in [1.807, 2.05) is 6.07 Å². The number of likely N-dealkylation sites (tertiary alicyclic amines) is 1. The normalized spacial score (nSPS) is 18.8. The first-order valence-corrected chi connectivity index (χ1v) is 10.8. The van der Waals surface area contributed by atoms with Crippen LogP contribution >= 0.6 is 0 Å². The van der Waals surface area contributed by atoms with Crippen molar-refractivity contribution in [1.82, 2.24) is 9.47 Å². The highest BCUT2D eigenvalue weighted by molar-refractivity contribution is 5.96. The van der Waals surface area contributed by atoms with Crippen LogP contribution in [0.25, 0.3) is 0 Å². The summed E-state index contributed by atoms with van der Waals surface area (Å²) < 4.78 is 28.5. The third kappa shape index (κ3) is 3.91. The standard InChI is InChI=1S/C24H20F2N4O4/c25-18-6-5-17(10-19(18)26)27-20-7-4-15(9-22(20)30(33)34)24(32)28-11-14-8-16(13-28)21-2-1-3-23(31)29(21)12-14/h1-7,9-10,14,16,27H,8,11-13H2. The quantitative estimate of drug-likeness (QED) is 0.462. The molecule has 3 heterocycles. The molecule has 2 aromatic carbocycles. The van der Waals surface area contributed by atoms with E-state index in [9.17, 15) is 28.5 Å². The van der Waals surface area contributed by atoms with Gasteiger partial charge in [0.15, 0.2) is 11.6 Å². The second kappa shape index (κ2) is 8.36. The molecular formula is C24H20F2N4O4. The van der Waals surface area contributed by atoms with E-state index in [-0.39, 0.29) is 45.9 Å². The molecule has 1 aromatic heterocycles. The summed E-state index contributed by atoms with van der Waals surface area (Å²) in [5.41, 5.74) is 0.845. The number of rotatable bonds is 4. The zero-order valence-electron chi connectivity index (χ0n) is 17.9. The Morgan fingerprint density at radius 2 is 1.85 bits per heavy atom. The highest BCUT2D eigenvalue weighted by Gasteiger charge is 2.36. The van der Waals surface area contributed by atoms with Crippen molar-refractivity contribution in [2.24, 2.45) is 5.92 Å². The van der Waals surface area contributed by atoms with E-state index < -0.39 is 16.6 Å². The van der Waals surface area contributed by atoms with Crippen LogP contribution in [0.5, 0.6) is 0 Å². The Morgan fingerprint density at radius 3 is 2.62 bits per heavy atom. The number of pyridine rings is 1. The number of nitro benzene ring substituents is 1. The van der Waals surface area contributed by atoms with Crippen LogP contribution < -0.4 is 10.9 Å². The Balaban J connectivity index is 1.40. The molecule has 2 unspecified atom stereocenters. The fraction of sp³-hybridized carbons (Fsp3) is 0.250. The number of amides is 1. The van der Waals surface area contributed by atoms with Crippen LogP contribution in [-0.2, 0) is 6.54 Å². The zero-order valence-corrected chi connectivity index (χ0v) is 17.9. The summed E-state index contributed by atoms with van der Waals surface area (Å²) >= 11 is 0. The predicted octanol–water partition coefficient (Wildman–Crippen LogP) is 4.04. The molecule has 174 valence electrons. The topological polar surface area (TPSA) is 97.5 Å². The highest BCUT2D eigenvalue weighted by atomic mass is 19.2. The SMILES string of the molecule is O=C(c1ccc(Nc2ccc(F)c(F)c2)c([N+](=O)[O-])c1)N1CC2CC(C1)c1cccc(=O)n1C2. The second-order valence-electron chi connectivity index (χ2n) is 8.65. The van der Waals surface area contributed by atoms with Gasteiger partial charge in [-0.2, -0.15) is 0 Å². The maximum absolute atomic E-state index is 13.5. The third-order valence-corrected chi connectivity index (χ3v) is 6.41. The lowest BCUT2D eigenvalue weighted by Gasteiger charge is -2.42. The first-order valence-electron chi connectivity index (χ1n) is 10.8. The van der Waals surface area contributed by atoms with Gasteiger partial charge in [0.05, 0.1) is 4.92 Å². The van der Waals surface area contributed by atoms with Crippen molar-refractivity contribution in [3.63, 3.8) is 0 Å². The summed E-state index contributed by atoms with van der Waals surface area (Å²) in [5, 5.41) is 14.4. The molecule has 1 amide bonds. The van der Waals surface area contributed by atoms with Crippen LogP contribution in [0.3, 0.4) is 0 Å². The average Bonchev–Trinajstić information content (AvgIpc) is 2.82. The number of fused-ring (bicyclic) bond motifs is 4. The van der Waals surface area contributed by atoms with E-state index in [0.717, 1.165) is 24.2 Å². The van der Waals surface area contributed by atoms with Gasteiger partial charge in [-0.25, -0.2) is 8.78 Å². The van der Waals surface area contributed by atoms with Gasteiger partial charge in [0.25, 0.3) is 17.2 Å². The molecule has 10 heteroatoms. The van der Waals surface area contributed by atoms with E-state index in [1.165, 1.54) is 30.3 Å². The third-order valence-electron chi connectivity index (χ3n) is 6.41. The van der Waals surface area contributed by atoms with Crippen LogP contribution in [0.2, 0.25) is 0 Å². The number of carbonyl (C=O) groups excluding carboxylic acids is 1. The molecule has 1 saturated heterocycles. The predicted molar refractivity (Wildman–Crippen MR) is 120 cm³/mol. The molecule has 2 bridgehead atoms. The Morgan fingerprint density at radius 1 is 1.03 bits per heavy atom. The molecule has 1 N–H and O–H groups in total. The van der Waals surface area contributed by atoms with Gasteiger partial charge >= 0.3 is 0 Å².